The van der Waals surface area contributed by atoms with Gasteiger partial charge in [-0.1, -0.05) is 6.07 Å². The Morgan fingerprint density at radius 1 is 1.53 bits per heavy atom. The molecule has 1 saturated heterocycles. The molecule has 5 nitrogen and oxygen atoms in total. The van der Waals surface area contributed by atoms with E-state index in [4.69, 9.17) is 15.2 Å². The number of ether oxygens (including phenoxy) is 2. The van der Waals surface area contributed by atoms with Crippen LogP contribution in [0.15, 0.2) is 18.3 Å². The summed E-state index contributed by atoms with van der Waals surface area (Å²) >= 11 is 0. The van der Waals surface area contributed by atoms with Crippen molar-refractivity contribution < 1.29 is 14.6 Å². The smallest absolute Gasteiger partial charge is 0.129 e. The Morgan fingerprint density at radius 2 is 2.24 bits per heavy atom. The van der Waals surface area contributed by atoms with E-state index >= 15 is 0 Å². The zero-order chi connectivity index (χ0) is 12.3. The van der Waals surface area contributed by atoms with Gasteiger partial charge in [-0.3, -0.25) is 0 Å². The summed E-state index contributed by atoms with van der Waals surface area (Å²) in [7, 11) is 1.61. The summed E-state index contributed by atoms with van der Waals surface area (Å²) in [6, 6.07) is 3.54. The number of nitrogens with zero attached hydrogens (tertiary/aromatic N) is 1. The van der Waals surface area contributed by atoms with Crippen molar-refractivity contribution in [3.8, 4) is 0 Å². The molecule has 2 heterocycles. The normalized spacial score (nSPS) is 21.1. The van der Waals surface area contributed by atoms with Gasteiger partial charge in [-0.2, -0.15) is 0 Å². The van der Waals surface area contributed by atoms with Crippen LogP contribution in [0.4, 0.5) is 5.82 Å². The van der Waals surface area contributed by atoms with Gasteiger partial charge in [0.1, 0.15) is 17.5 Å². The average Bonchev–Trinajstić information content (AvgIpc) is 2.39. The first-order chi connectivity index (χ1) is 8.19. The van der Waals surface area contributed by atoms with Gasteiger partial charge in [-0.15, -0.1) is 0 Å². The zero-order valence-corrected chi connectivity index (χ0v) is 9.93. The molecule has 2 rings (SSSR count). The number of hydrogen-bond donors (Lipinski definition) is 2. The standard InChI is InChI=1S/C12H18N2O3/c1-16-12(4-7-17-8-5-12)10(15)9-3-2-6-14-11(9)13/h2-3,6,10,15H,4-5,7-8H2,1H3,(H2,13,14). The van der Waals surface area contributed by atoms with E-state index in [1.165, 1.54) is 0 Å². The zero-order valence-electron chi connectivity index (χ0n) is 9.93. The van der Waals surface area contributed by atoms with E-state index in [-0.39, 0.29) is 0 Å². The van der Waals surface area contributed by atoms with Gasteiger partial charge >= 0.3 is 0 Å². The van der Waals surface area contributed by atoms with Crippen LogP contribution in [0.1, 0.15) is 24.5 Å². The molecular formula is C12H18N2O3. The maximum atomic E-state index is 10.5. The van der Waals surface area contributed by atoms with E-state index in [1.54, 1.807) is 25.4 Å². The first kappa shape index (κ1) is 12.3. The highest BCUT2D eigenvalue weighted by molar-refractivity contribution is 5.41. The fourth-order valence-corrected chi connectivity index (χ4v) is 2.25. The first-order valence-corrected chi connectivity index (χ1v) is 5.71. The molecule has 1 aromatic rings. The van der Waals surface area contributed by atoms with Crippen molar-refractivity contribution in [2.75, 3.05) is 26.1 Å². The number of nitrogens with two attached hydrogens (primary N) is 1. The molecule has 0 saturated carbocycles. The van der Waals surface area contributed by atoms with Crippen LogP contribution in [0.25, 0.3) is 0 Å². The number of methoxy groups -OCH3 is 1. The van der Waals surface area contributed by atoms with Gasteiger partial charge in [0.05, 0.1) is 0 Å². The highest BCUT2D eigenvalue weighted by atomic mass is 16.5. The molecular weight excluding hydrogens is 220 g/mol. The summed E-state index contributed by atoms with van der Waals surface area (Å²) in [6.07, 6.45) is 2.14. The van der Waals surface area contributed by atoms with Gasteiger partial charge < -0.3 is 20.3 Å². The largest absolute Gasteiger partial charge is 0.385 e. The van der Waals surface area contributed by atoms with Gasteiger partial charge in [-0.05, 0) is 6.07 Å². The molecule has 1 fully saturated rings. The Morgan fingerprint density at radius 3 is 2.82 bits per heavy atom. The number of rotatable bonds is 3. The quantitative estimate of drug-likeness (QED) is 0.817. The van der Waals surface area contributed by atoms with Gasteiger partial charge in [-0.25, -0.2) is 4.98 Å². The Balaban J connectivity index is 2.28. The molecule has 0 amide bonds. The summed E-state index contributed by atoms with van der Waals surface area (Å²) < 4.78 is 10.8. The van der Waals surface area contributed by atoms with Crippen molar-refractivity contribution in [3.63, 3.8) is 0 Å². The van der Waals surface area contributed by atoms with Crippen LogP contribution in [0.3, 0.4) is 0 Å². The van der Waals surface area contributed by atoms with Crippen LogP contribution >= 0.6 is 0 Å². The Bertz CT molecular complexity index is 378. The molecule has 0 radical (unpaired) electrons. The average molecular weight is 238 g/mol. The minimum Gasteiger partial charge on any atom is -0.385 e. The van der Waals surface area contributed by atoms with E-state index in [1.807, 2.05) is 0 Å². The van der Waals surface area contributed by atoms with E-state index in [0.29, 0.717) is 37.4 Å². The second-order valence-corrected chi connectivity index (χ2v) is 4.26. The van der Waals surface area contributed by atoms with Crippen molar-refractivity contribution in [2.45, 2.75) is 24.5 Å². The predicted molar refractivity (Wildman–Crippen MR) is 63.4 cm³/mol. The number of pyridine rings is 1. The molecule has 5 heteroatoms. The molecule has 17 heavy (non-hydrogen) atoms. The lowest BCUT2D eigenvalue weighted by atomic mass is 9.84. The molecule has 0 spiro atoms. The Kier molecular flexibility index (Phi) is 3.61. The van der Waals surface area contributed by atoms with Crippen LogP contribution < -0.4 is 5.73 Å². The van der Waals surface area contributed by atoms with Gasteiger partial charge in [0.15, 0.2) is 0 Å². The van der Waals surface area contributed by atoms with E-state index in [2.05, 4.69) is 4.98 Å². The first-order valence-electron chi connectivity index (χ1n) is 5.71. The minimum atomic E-state index is -0.773. The van der Waals surface area contributed by atoms with Crippen LogP contribution in [0, 0.1) is 0 Å². The SMILES string of the molecule is COC1(C(O)c2cccnc2N)CCOCC1. The molecule has 0 aromatic carbocycles. The summed E-state index contributed by atoms with van der Waals surface area (Å²) in [5.41, 5.74) is 5.79. The lowest BCUT2D eigenvalue weighted by molar-refractivity contribution is -0.154. The third-order valence-electron chi connectivity index (χ3n) is 3.41. The fraction of sp³-hybridized carbons (Fsp3) is 0.583. The summed E-state index contributed by atoms with van der Waals surface area (Å²) in [5.74, 6) is 0.350. The van der Waals surface area contributed by atoms with Crippen LogP contribution in [0.5, 0.6) is 0 Å². The lowest BCUT2D eigenvalue weighted by Crippen LogP contribution is -2.44. The topological polar surface area (TPSA) is 77.6 Å². The van der Waals surface area contributed by atoms with Gasteiger partial charge in [0.2, 0.25) is 0 Å². The molecule has 94 valence electrons. The summed E-state index contributed by atoms with van der Waals surface area (Å²) in [4.78, 5) is 3.99. The van der Waals surface area contributed by atoms with Crippen molar-refractivity contribution in [3.05, 3.63) is 23.9 Å². The molecule has 1 unspecified atom stereocenters. The van der Waals surface area contributed by atoms with Crippen molar-refractivity contribution >= 4 is 5.82 Å². The monoisotopic (exact) mass is 238 g/mol. The maximum absolute atomic E-state index is 10.5. The van der Waals surface area contributed by atoms with Crippen molar-refractivity contribution in [2.24, 2.45) is 0 Å². The molecule has 1 aliphatic heterocycles. The van der Waals surface area contributed by atoms with Crippen LogP contribution in [-0.2, 0) is 9.47 Å². The third-order valence-corrected chi connectivity index (χ3v) is 3.41. The molecule has 1 aliphatic rings. The van der Waals surface area contributed by atoms with Crippen molar-refractivity contribution in [1.29, 1.82) is 0 Å². The number of anilines is 1. The number of nitrogen functional groups attached to an aromatic ring is 1. The highest BCUT2D eigenvalue weighted by Gasteiger charge is 2.41. The molecule has 3 N–H and O–H groups in total. The molecule has 1 atom stereocenters. The fourth-order valence-electron chi connectivity index (χ4n) is 2.25. The summed E-state index contributed by atoms with van der Waals surface area (Å²) in [6.45, 7) is 1.18. The Hall–Kier alpha value is -1.17. The minimum absolute atomic E-state index is 0.350. The third kappa shape index (κ3) is 2.26. The Labute approximate surface area is 101 Å². The highest BCUT2D eigenvalue weighted by Crippen LogP contribution is 2.38. The van der Waals surface area contributed by atoms with Crippen LogP contribution in [-0.4, -0.2) is 36.0 Å². The second-order valence-electron chi connectivity index (χ2n) is 4.26. The number of hydrogen-bond acceptors (Lipinski definition) is 5. The van der Waals surface area contributed by atoms with Crippen LogP contribution in [0.2, 0.25) is 0 Å². The molecule has 0 aliphatic carbocycles. The number of aliphatic hydroxyl groups is 1. The van der Waals surface area contributed by atoms with E-state index < -0.39 is 11.7 Å². The maximum Gasteiger partial charge on any atom is 0.129 e. The molecule has 1 aromatic heterocycles. The molecule has 0 bridgehead atoms. The van der Waals surface area contributed by atoms with E-state index in [0.717, 1.165) is 0 Å². The predicted octanol–water partition coefficient (Wildman–Crippen LogP) is 0.893. The number of aromatic nitrogens is 1. The lowest BCUT2D eigenvalue weighted by Gasteiger charge is -2.39. The van der Waals surface area contributed by atoms with Gasteiger partial charge in [0.25, 0.3) is 0 Å². The second kappa shape index (κ2) is 5.00. The van der Waals surface area contributed by atoms with Crippen molar-refractivity contribution in [1.82, 2.24) is 4.98 Å². The van der Waals surface area contributed by atoms with Gasteiger partial charge in [0, 0.05) is 44.9 Å². The summed E-state index contributed by atoms with van der Waals surface area (Å²) in [5, 5.41) is 10.5. The van der Waals surface area contributed by atoms with E-state index in [9.17, 15) is 5.11 Å². The number of aliphatic hydroxyl groups excluding tert-OH is 1.